The lowest BCUT2D eigenvalue weighted by Gasteiger charge is -2.28. The third kappa shape index (κ3) is 2.94. The predicted molar refractivity (Wildman–Crippen MR) is 61.4 cm³/mol. The third-order valence-corrected chi connectivity index (χ3v) is 4.43. The summed E-state index contributed by atoms with van der Waals surface area (Å²) in [5, 5.41) is 2.43. The van der Waals surface area contributed by atoms with E-state index in [-0.39, 0.29) is 12.0 Å². The van der Waals surface area contributed by atoms with Gasteiger partial charge in [-0.15, -0.1) is 0 Å². The number of hydrogen-bond acceptors (Lipinski definition) is 3. The molecule has 1 unspecified atom stereocenters. The first-order valence-electron chi connectivity index (χ1n) is 5.61. The topological polar surface area (TPSA) is 70.9 Å². The van der Waals surface area contributed by atoms with E-state index in [4.69, 9.17) is 4.52 Å². The van der Waals surface area contributed by atoms with Crippen LogP contribution in [0.15, 0.2) is 16.5 Å². The number of nitrogens with zero attached hydrogens (tertiary/aromatic N) is 1. The molecule has 5 nitrogen and oxygen atoms in total. The van der Waals surface area contributed by atoms with E-state index < -0.39 is 7.66 Å². The van der Waals surface area contributed by atoms with Crippen molar-refractivity contribution in [1.29, 1.82) is 0 Å². The number of amides is 1. The highest BCUT2D eigenvalue weighted by atomic mass is 31.2. The third-order valence-electron chi connectivity index (χ3n) is 2.74. The number of carbonyl (C=O) groups excluding carboxylic acids is 1. The van der Waals surface area contributed by atoms with Gasteiger partial charge in [0.1, 0.15) is 0 Å². The van der Waals surface area contributed by atoms with Crippen LogP contribution in [-0.2, 0) is 9.32 Å². The molecule has 2 aliphatic rings. The van der Waals surface area contributed by atoms with Gasteiger partial charge in [0.25, 0.3) is 5.91 Å². The molecule has 6 heteroatoms. The highest BCUT2D eigenvalue weighted by molar-refractivity contribution is 7.54. The molecule has 1 fully saturated rings. The first kappa shape index (κ1) is 11.8. The van der Waals surface area contributed by atoms with Gasteiger partial charge in [-0.3, -0.25) is 9.88 Å². The zero-order valence-electron chi connectivity index (χ0n) is 9.35. The number of hydrogen-bond donors (Lipinski definition) is 2. The maximum atomic E-state index is 11.3. The molecular formula is C10H17N2O3P. The Morgan fingerprint density at radius 3 is 2.81 bits per heavy atom. The van der Waals surface area contributed by atoms with E-state index in [1.165, 1.54) is 12.5 Å². The molecule has 16 heavy (non-hydrogen) atoms. The molecule has 1 saturated carbocycles. The Morgan fingerprint density at radius 1 is 1.50 bits per heavy atom. The zero-order valence-corrected chi connectivity index (χ0v) is 10.2. The molecule has 1 aliphatic heterocycles. The van der Waals surface area contributed by atoms with Gasteiger partial charge < -0.3 is 9.42 Å². The minimum atomic E-state index is -3.09. The number of rotatable bonds is 2. The van der Waals surface area contributed by atoms with Crippen molar-refractivity contribution in [3.8, 4) is 0 Å². The van der Waals surface area contributed by atoms with E-state index in [1.807, 2.05) is 0 Å². The lowest BCUT2D eigenvalue weighted by Crippen LogP contribution is -2.26. The van der Waals surface area contributed by atoms with E-state index >= 15 is 0 Å². The monoisotopic (exact) mass is 244 g/mol. The standard InChI is InChI=1S/C10H17N2O3P/c1-8-7-10(13)12-16(14,11-8)15-9-5-3-2-4-6-9/h7,9,14H,2-6H2,1H3,(H,12,13). The Hall–Kier alpha value is -0.640. The Kier molecular flexibility index (Phi) is 3.47. The van der Waals surface area contributed by atoms with Crippen LogP contribution >= 0.6 is 7.66 Å². The molecule has 0 radical (unpaired) electrons. The highest BCUT2D eigenvalue weighted by Gasteiger charge is 2.28. The molecular weight excluding hydrogens is 227 g/mol. The summed E-state index contributed by atoms with van der Waals surface area (Å²) < 4.78 is 9.62. The number of carbonyl (C=O) groups is 1. The molecule has 0 aromatic rings. The van der Waals surface area contributed by atoms with Gasteiger partial charge in [0.15, 0.2) is 0 Å². The zero-order chi connectivity index (χ0) is 11.6. The van der Waals surface area contributed by atoms with Crippen LogP contribution in [0.5, 0.6) is 0 Å². The fourth-order valence-corrected chi connectivity index (χ4v) is 3.67. The van der Waals surface area contributed by atoms with Crippen LogP contribution in [-0.4, -0.2) is 16.9 Å². The molecule has 1 aliphatic carbocycles. The largest absolute Gasteiger partial charge is 0.323 e. The number of nitrogens with one attached hydrogen (secondary N) is 1. The van der Waals surface area contributed by atoms with Crippen LogP contribution in [0.4, 0.5) is 0 Å². The second kappa shape index (κ2) is 4.70. The normalized spacial score (nSPS) is 31.6. The molecule has 1 heterocycles. The Morgan fingerprint density at radius 2 is 2.19 bits per heavy atom. The van der Waals surface area contributed by atoms with E-state index in [0.717, 1.165) is 25.7 Å². The summed E-state index contributed by atoms with van der Waals surface area (Å²) in [7, 11) is -3.09. The lowest BCUT2D eigenvalue weighted by atomic mass is 9.98. The summed E-state index contributed by atoms with van der Waals surface area (Å²) in [4.78, 5) is 21.4. The smallest absolute Gasteiger partial charge is 0.319 e. The molecule has 2 N–H and O–H groups in total. The van der Waals surface area contributed by atoms with Crippen LogP contribution in [0.25, 0.3) is 0 Å². The second-order valence-corrected chi connectivity index (χ2v) is 5.99. The summed E-state index contributed by atoms with van der Waals surface area (Å²) >= 11 is 0. The van der Waals surface area contributed by atoms with Crippen molar-refractivity contribution in [3.05, 3.63) is 11.8 Å². The Balaban J connectivity index is 2.07. The predicted octanol–water partition coefficient (Wildman–Crippen LogP) is 2.31. The van der Waals surface area contributed by atoms with Crippen LogP contribution in [0.2, 0.25) is 0 Å². The maximum Gasteiger partial charge on any atom is 0.319 e. The van der Waals surface area contributed by atoms with Crippen LogP contribution in [0.3, 0.4) is 0 Å². The summed E-state index contributed by atoms with van der Waals surface area (Å²) in [5.74, 6) is -0.320. The maximum absolute atomic E-state index is 11.3. The molecule has 0 spiro atoms. The van der Waals surface area contributed by atoms with Crippen molar-refractivity contribution in [2.24, 2.45) is 4.74 Å². The molecule has 0 bridgehead atoms. The average molecular weight is 244 g/mol. The second-order valence-electron chi connectivity index (χ2n) is 4.27. The minimum absolute atomic E-state index is 0.0297. The lowest BCUT2D eigenvalue weighted by molar-refractivity contribution is -0.115. The summed E-state index contributed by atoms with van der Waals surface area (Å²) in [5.41, 5.74) is 0.524. The first-order valence-corrected chi connectivity index (χ1v) is 7.23. The van der Waals surface area contributed by atoms with Gasteiger partial charge in [-0.1, -0.05) is 19.3 Å². The van der Waals surface area contributed by atoms with E-state index in [9.17, 15) is 9.69 Å². The molecule has 0 aromatic carbocycles. The first-order chi connectivity index (χ1) is 7.57. The Labute approximate surface area is 95.2 Å². The van der Waals surface area contributed by atoms with Crippen LogP contribution < -0.4 is 5.09 Å². The molecule has 1 atom stereocenters. The summed E-state index contributed by atoms with van der Waals surface area (Å²) in [6.07, 6.45) is 6.73. The van der Waals surface area contributed by atoms with Gasteiger partial charge in [-0.2, -0.15) is 0 Å². The fraction of sp³-hybridized carbons (Fsp3) is 0.700. The minimum Gasteiger partial charge on any atom is -0.323 e. The Bertz CT molecular complexity index is 372. The molecule has 90 valence electrons. The molecule has 2 rings (SSSR count). The quantitative estimate of drug-likeness (QED) is 0.732. The van der Waals surface area contributed by atoms with E-state index in [1.54, 1.807) is 6.92 Å². The van der Waals surface area contributed by atoms with Crippen molar-refractivity contribution < 1.29 is 14.2 Å². The van der Waals surface area contributed by atoms with Crippen LogP contribution in [0, 0.1) is 0 Å². The summed E-state index contributed by atoms with van der Waals surface area (Å²) in [6, 6.07) is 0. The van der Waals surface area contributed by atoms with Crippen molar-refractivity contribution >= 4 is 13.6 Å². The van der Waals surface area contributed by atoms with Gasteiger partial charge in [0.05, 0.1) is 6.10 Å². The van der Waals surface area contributed by atoms with Gasteiger partial charge in [0.2, 0.25) is 0 Å². The molecule has 1 amide bonds. The van der Waals surface area contributed by atoms with Crippen molar-refractivity contribution in [3.63, 3.8) is 0 Å². The van der Waals surface area contributed by atoms with Gasteiger partial charge >= 0.3 is 7.66 Å². The van der Waals surface area contributed by atoms with Crippen molar-refractivity contribution in [1.82, 2.24) is 5.09 Å². The average Bonchev–Trinajstić information content (AvgIpc) is 2.15. The molecule has 0 saturated heterocycles. The van der Waals surface area contributed by atoms with Gasteiger partial charge in [-0.25, -0.2) is 4.74 Å². The fourth-order valence-electron chi connectivity index (χ4n) is 2.06. The van der Waals surface area contributed by atoms with E-state index in [2.05, 4.69) is 9.83 Å². The summed E-state index contributed by atoms with van der Waals surface area (Å²) in [6.45, 7) is 1.69. The van der Waals surface area contributed by atoms with E-state index in [0.29, 0.717) is 5.70 Å². The van der Waals surface area contributed by atoms with Crippen molar-refractivity contribution in [2.75, 3.05) is 0 Å². The van der Waals surface area contributed by atoms with Gasteiger partial charge in [0, 0.05) is 11.8 Å². The molecule has 0 aromatic heterocycles. The number of allylic oxidation sites excluding steroid dienone is 1. The van der Waals surface area contributed by atoms with Crippen LogP contribution in [0.1, 0.15) is 39.0 Å². The van der Waals surface area contributed by atoms with Crippen molar-refractivity contribution in [2.45, 2.75) is 45.1 Å². The SMILES string of the molecule is CC1=CC(=O)NP(O)(OC2CCCCC2)=N1. The highest BCUT2D eigenvalue weighted by Crippen LogP contribution is 2.47. The van der Waals surface area contributed by atoms with Gasteiger partial charge in [-0.05, 0) is 19.8 Å².